The van der Waals surface area contributed by atoms with Gasteiger partial charge in [-0.25, -0.2) is 15.0 Å². The molecule has 0 aliphatic heterocycles. The lowest BCUT2D eigenvalue weighted by atomic mass is 9.98. The van der Waals surface area contributed by atoms with Gasteiger partial charge in [0.25, 0.3) is 0 Å². The molecule has 0 spiro atoms. The van der Waals surface area contributed by atoms with Crippen LogP contribution in [-0.2, 0) is 0 Å². The Bertz CT molecular complexity index is 2020. The second-order valence-electron chi connectivity index (χ2n) is 10.5. The molecule has 0 fully saturated rings. The van der Waals surface area contributed by atoms with E-state index in [0.717, 1.165) is 27.8 Å². The summed E-state index contributed by atoms with van der Waals surface area (Å²) < 4.78 is 1.33. The molecule has 7 rings (SSSR count). The smallest absolute Gasteiger partial charge is 0.164 e. The third-order valence-electron chi connectivity index (χ3n) is 7.67. The maximum absolute atomic E-state index is 4.91. The minimum absolute atomic E-state index is 0.655. The molecule has 0 saturated heterocycles. The predicted molar refractivity (Wildman–Crippen MR) is 182 cm³/mol. The van der Waals surface area contributed by atoms with Crippen molar-refractivity contribution in [2.75, 3.05) is 0 Å². The molecule has 7 aromatic rings. The average molecular weight is 572 g/mol. The third kappa shape index (κ3) is 5.29. The van der Waals surface area contributed by atoms with Crippen LogP contribution in [0.4, 0.5) is 0 Å². The highest BCUT2D eigenvalue weighted by molar-refractivity contribution is 7.20. The molecule has 0 aliphatic carbocycles. The van der Waals surface area contributed by atoms with Crippen LogP contribution in [0.15, 0.2) is 133 Å². The zero-order valence-electron chi connectivity index (χ0n) is 24.0. The van der Waals surface area contributed by atoms with E-state index in [4.69, 9.17) is 15.0 Å². The Labute approximate surface area is 255 Å². The Morgan fingerprint density at radius 3 is 1.67 bits per heavy atom. The first kappa shape index (κ1) is 26.7. The summed E-state index contributed by atoms with van der Waals surface area (Å²) in [6.07, 6.45) is 4.32. The molecule has 0 amide bonds. The largest absolute Gasteiger partial charge is 0.208 e. The maximum atomic E-state index is 4.91. The van der Waals surface area contributed by atoms with E-state index in [9.17, 15) is 0 Å². The van der Waals surface area contributed by atoms with Gasteiger partial charge in [0.1, 0.15) is 0 Å². The summed E-state index contributed by atoms with van der Waals surface area (Å²) in [4.78, 5) is 16.0. The molecule has 2 aromatic heterocycles. The van der Waals surface area contributed by atoms with Crippen LogP contribution in [0.1, 0.15) is 17.4 Å². The fraction of sp³-hybridized carbons (Fsp3) is 0.0513. The molecule has 0 unspecified atom stereocenters. The van der Waals surface area contributed by atoms with Crippen LogP contribution in [-0.4, -0.2) is 15.0 Å². The van der Waals surface area contributed by atoms with Crippen LogP contribution >= 0.6 is 11.3 Å². The van der Waals surface area contributed by atoms with Gasteiger partial charge in [0.2, 0.25) is 0 Å². The lowest BCUT2D eigenvalue weighted by Gasteiger charge is -2.10. The van der Waals surface area contributed by atoms with Gasteiger partial charge < -0.3 is 0 Å². The van der Waals surface area contributed by atoms with Crippen molar-refractivity contribution < 1.29 is 0 Å². The standard InChI is InChI=1S/C39H29N3S/c1-3-12-35-26(2)33-19-11-20-34(36(33)43-35)28-23-21-27(22-24-28)31-17-10-18-32(25-31)39-41-37(29-13-6-4-7-14-29)40-38(42-39)30-15-8-5-9-16-30/h3-25H,1-2H3/b12-3-. The molecule has 2 heterocycles. The Hall–Kier alpha value is -5.19. The summed E-state index contributed by atoms with van der Waals surface area (Å²) in [5.41, 5.74) is 8.98. The maximum Gasteiger partial charge on any atom is 0.164 e. The highest BCUT2D eigenvalue weighted by Gasteiger charge is 2.14. The lowest BCUT2D eigenvalue weighted by Crippen LogP contribution is -2.00. The van der Waals surface area contributed by atoms with E-state index in [2.05, 4.69) is 92.7 Å². The molecule has 0 N–H and O–H groups in total. The fourth-order valence-corrected chi connectivity index (χ4v) is 6.73. The topological polar surface area (TPSA) is 38.7 Å². The summed E-state index contributed by atoms with van der Waals surface area (Å²) in [7, 11) is 0. The monoisotopic (exact) mass is 571 g/mol. The number of aryl methyl sites for hydroxylation is 1. The Balaban J connectivity index is 1.26. The number of hydrogen-bond acceptors (Lipinski definition) is 4. The molecule has 0 aliphatic rings. The number of allylic oxidation sites excluding steroid dienone is 1. The third-order valence-corrected chi connectivity index (χ3v) is 8.97. The van der Waals surface area contributed by atoms with Crippen molar-refractivity contribution in [1.82, 2.24) is 15.0 Å². The molecule has 0 atom stereocenters. The van der Waals surface area contributed by atoms with E-state index in [1.807, 2.05) is 72.0 Å². The van der Waals surface area contributed by atoms with Crippen LogP contribution in [0.2, 0.25) is 0 Å². The Morgan fingerprint density at radius 2 is 1.05 bits per heavy atom. The van der Waals surface area contributed by atoms with Gasteiger partial charge >= 0.3 is 0 Å². The van der Waals surface area contributed by atoms with Crippen LogP contribution in [0, 0.1) is 6.92 Å². The van der Waals surface area contributed by atoms with E-state index < -0.39 is 0 Å². The number of fused-ring (bicyclic) bond motifs is 1. The number of thiophene rings is 1. The fourth-order valence-electron chi connectivity index (χ4n) is 5.42. The molecule has 4 heteroatoms. The summed E-state index contributed by atoms with van der Waals surface area (Å²) >= 11 is 1.86. The second kappa shape index (κ2) is 11.6. The van der Waals surface area contributed by atoms with Crippen LogP contribution in [0.3, 0.4) is 0 Å². The molecular formula is C39H29N3S. The quantitative estimate of drug-likeness (QED) is 0.199. The molecule has 5 aromatic carbocycles. The number of nitrogens with zero attached hydrogens (tertiary/aromatic N) is 3. The normalized spacial score (nSPS) is 11.4. The number of benzene rings is 5. The summed E-state index contributed by atoms with van der Waals surface area (Å²) in [5.74, 6) is 1.98. The van der Waals surface area contributed by atoms with Gasteiger partial charge in [-0.15, -0.1) is 11.3 Å². The SMILES string of the molecule is C/C=C\c1sc2c(-c3ccc(-c4cccc(-c5nc(-c6ccccc6)nc(-c6ccccc6)n5)c4)cc3)cccc2c1C. The van der Waals surface area contributed by atoms with Crippen molar-refractivity contribution >= 4 is 27.5 Å². The molecule has 206 valence electrons. The predicted octanol–water partition coefficient (Wildman–Crippen LogP) is 10.8. The van der Waals surface area contributed by atoms with E-state index in [1.165, 1.54) is 31.7 Å². The van der Waals surface area contributed by atoms with Crippen molar-refractivity contribution in [1.29, 1.82) is 0 Å². The first-order chi connectivity index (χ1) is 21.2. The summed E-state index contributed by atoms with van der Waals surface area (Å²) in [5, 5.41) is 1.33. The molecule has 0 saturated carbocycles. The number of hydrogen-bond donors (Lipinski definition) is 0. The summed E-state index contributed by atoms with van der Waals surface area (Å²) in [6.45, 7) is 4.29. The van der Waals surface area contributed by atoms with Gasteiger partial charge in [-0.05, 0) is 59.2 Å². The van der Waals surface area contributed by atoms with Gasteiger partial charge in [-0.2, -0.15) is 0 Å². The lowest BCUT2D eigenvalue weighted by molar-refractivity contribution is 1.07. The first-order valence-electron chi connectivity index (χ1n) is 14.4. The van der Waals surface area contributed by atoms with Gasteiger partial charge in [0, 0.05) is 26.3 Å². The van der Waals surface area contributed by atoms with Crippen LogP contribution < -0.4 is 0 Å². The molecular weight excluding hydrogens is 543 g/mol. The van der Waals surface area contributed by atoms with E-state index in [1.54, 1.807) is 0 Å². The van der Waals surface area contributed by atoms with Crippen LogP contribution in [0.25, 0.3) is 72.6 Å². The number of aromatic nitrogens is 3. The Morgan fingerprint density at radius 1 is 0.512 bits per heavy atom. The van der Waals surface area contributed by atoms with Gasteiger partial charge in [-0.3, -0.25) is 0 Å². The zero-order chi connectivity index (χ0) is 29.2. The van der Waals surface area contributed by atoms with Crippen molar-refractivity contribution in [3.8, 4) is 56.4 Å². The molecule has 3 nitrogen and oxygen atoms in total. The van der Waals surface area contributed by atoms with Crippen molar-refractivity contribution in [3.05, 3.63) is 144 Å². The highest BCUT2D eigenvalue weighted by Crippen LogP contribution is 2.39. The molecule has 0 bridgehead atoms. The zero-order valence-corrected chi connectivity index (χ0v) is 24.8. The van der Waals surface area contributed by atoms with Crippen LogP contribution in [0.5, 0.6) is 0 Å². The van der Waals surface area contributed by atoms with Crippen molar-refractivity contribution in [3.63, 3.8) is 0 Å². The van der Waals surface area contributed by atoms with Gasteiger partial charge in [0.05, 0.1) is 0 Å². The number of rotatable bonds is 6. The van der Waals surface area contributed by atoms with Crippen molar-refractivity contribution in [2.24, 2.45) is 0 Å². The highest BCUT2D eigenvalue weighted by atomic mass is 32.1. The Kier molecular flexibility index (Phi) is 7.20. The summed E-state index contributed by atoms with van der Waals surface area (Å²) in [6, 6.07) is 44.1. The minimum atomic E-state index is 0.655. The first-order valence-corrected chi connectivity index (χ1v) is 15.2. The van der Waals surface area contributed by atoms with E-state index in [0.29, 0.717) is 17.5 Å². The van der Waals surface area contributed by atoms with Gasteiger partial charge in [-0.1, -0.05) is 127 Å². The second-order valence-corrected chi connectivity index (χ2v) is 11.5. The minimum Gasteiger partial charge on any atom is -0.208 e. The average Bonchev–Trinajstić information content (AvgIpc) is 3.40. The van der Waals surface area contributed by atoms with Crippen molar-refractivity contribution in [2.45, 2.75) is 13.8 Å². The van der Waals surface area contributed by atoms with Gasteiger partial charge in [0.15, 0.2) is 17.5 Å². The molecule has 43 heavy (non-hydrogen) atoms. The van der Waals surface area contributed by atoms with E-state index in [-0.39, 0.29) is 0 Å². The van der Waals surface area contributed by atoms with E-state index >= 15 is 0 Å². The molecule has 0 radical (unpaired) electrons.